The Kier molecular flexibility index (Phi) is 4.32. The molecule has 20 heavy (non-hydrogen) atoms. The zero-order valence-electron chi connectivity index (χ0n) is 13.6. The van der Waals surface area contributed by atoms with Crippen LogP contribution in [0, 0.1) is 13.8 Å². The highest BCUT2D eigenvalue weighted by Crippen LogP contribution is 2.36. The lowest BCUT2D eigenvalue weighted by molar-refractivity contribution is 0.838. The molecule has 2 aromatic rings. The van der Waals surface area contributed by atoms with Gasteiger partial charge in [-0.05, 0) is 47.9 Å². The fourth-order valence-electron chi connectivity index (χ4n) is 3.00. The van der Waals surface area contributed by atoms with Crippen molar-refractivity contribution >= 4 is 0 Å². The van der Waals surface area contributed by atoms with Crippen molar-refractivity contribution < 1.29 is 0 Å². The van der Waals surface area contributed by atoms with Gasteiger partial charge in [0, 0.05) is 0 Å². The summed E-state index contributed by atoms with van der Waals surface area (Å²) in [5, 5.41) is 0. The molecular weight excluding hydrogens is 240 g/mol. The Balaban J connectivity index is 2.75. The van der Waals surface area contributed by atoms with E-state index in [1.54, 1.807) is 0 Å². The highest BCUT2D eigenvalue weighted by molar-refractivity contribution is 5.73. The number of hydrogen-bond acceptors (Lipinski definition) is 0. The predicted octanol–water partition coefficient (Wildman–Crippen LogP) is 6.22. The molecule has 0 heterocycles. The minimum Gasteiger partial charge on any atom is -0.0617 e. The van der Waals surface area contributed by atoms with Gasteiger partial charge in [0.2, 0.25) is 0 Å². The summed E-state index contributed by atoms with van der Waals surface area (Å²) < 4.78 is 0. The van der Waals surface area contributed by atoms with Gasteiger partial charge >= 0.3 is 0 Å². The van der Waals surface area contributed by atoms with Gasteiger partial charge in [0.05, 0.1) is 0 Å². The molecule has 0 nitrogen and oxygen atoms in total. The highest BCUT2D eigenvalue weighted by Gasteiger charge is 2.15. The van der Waals surface area contributed by atoms with Gasteiger partial charge in [-0.25, -0.2) is 0 Å². The van der Waals surface area contributed by atoms with E-state index in [9.17, 15) is 0 Å². The Morgan fingerprint density at radius 1 is 0.700 bits per heavy atom. The van der Waals surface area contributed by atoms with Crippen molar-refractivity contribution in [2.45, 2.75) is 53.4 Å². The van der Waals surface area contributed by atoms with Gasteiger partial charge in [0.25, 0.3) is 0 Å². The first-order valence-corrected chi connectivity index (χ1v) is 7.61. The van der Waals surface area contributed by atoms with Crippen molar-refractivity contribution in [3.05, 3.63) is 58.7 Å². The van der Waals surface area contributed by atoms with Crippen molar-refractivity contribution in [2.75, 3.05) is 0 Å². The summed E-state index contributed by atoms with van der Waals surface area (Å²) in [7, 11) is 0. The van der Waals surface area contributed by atoms with Crippen LogP contribution in [-0.4, -0.2) is 0 Å². The largest absolute Gasteiger partial charge is 0.0617 e. The van der Waals surface area contributed by atoms with Crippen LogP contribution in [0.3, 0.4) is 0 Å². The monoisotopic (exact) mass is 266 g/mol. The summed E-state index contributed by atoms with van der Waals surface area (Å²) in [6, 6.07) is 13.7. The van der Waals surface area contributed by atoms with Crippen LogP contribution in [0.15, 0.2) is 36.4 Å². The first-order chi connectivity index (χ1) is 9.40. The smallest absolute Gasteiger partial charge is 0.0114 e. The Bertz CT molecular complexity index is 557. The van der Waals surface area contributed by atoms with Crippen molar-refractivity contribution in [1.82, 2.24) is 0 Å². The van der Waals surface area contributed by atoms with E-state index in [0.717, 1.165) is 0 Å². The third-order valence-corrected chi connectivity index (χ3v) is 3.88. The third-order valence-electron chi connectivity index (χ3n) is 3.88. The van der Waals surface area contributed by atoms with Crippen LogP contribution in [0.5, 0.6) is 0 Å². The van der Waals surface area contributed by atoms with Gasteiger partial charge in [0.1, 0.15) is 0 Å². The molecule has 0 aliphatic carbocycles. The number of rotatable bonds is 3. The molecule has 0 heteroatoms. The fraction of sp³-hybridized carbons (Fsp3) is 0.400. The van der Waals surface area contributed by atoms with Gasteiger partial charge < -0.3 is 0 Å². The average molecular weight is 266 g/mol. The number of hydrogen-bond donors (Lipinski definition) is 0. The minimum absolute atomic E-state index is 0.546. The standard InChI is InChI=1S/C20H26/c1-13(2)18-8-7-9-19(14(3)4)20(18)17-11-15(5)10-16(6)12-17/h7-14H,1-6H3. The molecule has 0 unspecified atom stereocenters. The second-order valence-corrected chi connectivity index (χ2v) is 6.50. The molecule has 0 aliphatic rings. The van der Waals surface area contributed by atoms with Gasteiger partial charge in [-0.3, -0.25) is 0 Å². The molecule has 2 rings (SSSR count). The maximum Gasteiger partial charge on any atom is -0.0114 e. The first-order valence-electron chi connectivity index (χ1n) is 7.61. The van der Waals surface area contributed by atoms with E-state index in [1.807, 2.05) is 0 Å². The second kappa shape index (κ2) is 5.83. The molecule has 0 aliphatic heterocycles. The zero-order chi connectivity index (χ0) is 14.9. The molecule has 0 N–H and O–H groups in total. The van der Waals surface area contributed by atoms with Crippen LogP contribution in [-0.2, 0) is 0 Å². The molecule has 0 bridgehead atoms. The zero-order valence-corrected chi connectivity index (χ0v) is 13.6. The van der Waals surface area contributed by atoms with E-state index < -0.39 is 0 Å². The van der Waals surface area contributed by atoms with Crippen molar-refractivity contribution in [3.63, 3.8) is 0 Å². The van der Waals surface area contributed by atoms with Gasteiger partial charge in [-0.15, -0.1) is 0 Å². The molecule has 0 saturated heterocycles. The first kappa shape index (κ1) is 14.8. The molecule has 0 amide bonds. The van der Waals surface area contributed by atoms with Crippen LogP contribution in [0.4, 0.5) is 0 Å². The molecule has 2 aromatic carbocycles. The predicted molar refractivity (Wildman–Crippen MR) is 89.5 cm³/mol. The number of benzene rings is 2. The normalized spacial score (nSPS) is 11.4. The summed E-state index contributed by atoms with van der Waals surface area (Å²) in [5.41, 5.74) is 8.42. The molecule has 0 saturated carbocycles. The van der Waals surface area contributed by atoms with E-state index in [-0.39, 0.29) is 0 Å². The Hall–Kier alpha value is -1.56. The van der Waals surface area contributed by atoms with E-state index in [4.69, 9.17) is 0 Å². The lowest BCUT2D eigenvalue weighted by Gasteiger charge is -2.20. The van der Waals surface area contributed by atoms with E-state index in [0.29, 0.717) is 11.8 Å². The minimum atomic E-state index is 0.546. The Labute approximate surface area is 123 Å². The molecule has 0 spiro atoms. The molecular formula is C20H26. The third kappa shape index (κ3) is 2.95. The number of aryl methyl sites for hydroxylation is 2. The summed E-state index contributed by atoms with van der Waals surface area (Å²) >= 11 is 0. The lowest BCUT2D eigenvalue weighted by Crippen LogP contribution is -2.00. The maximum atomic E-state index is 2.32. The van der Waals surface area contributed by atoms with Crippen LogP contribution in [0.25, 0.3) is 11.1 Å². The maximum absolute atomic E-state index is 2.32. The fourth-order valence-corrected chi connectivity index (χ4v) is 3.00. The van der Waals surface area contributed by atoms with Crippen molar-refractivity contribution in [2.24, 2.45) is 0 Å². The molecule has 106 valence electrons. The van der Waals surface area contributed by atoms with Crippen molar-refractivity contribution in [3.8, 4) is 11.1 Å². The molecule has 0 atom stereocenters. The highest BCUT2D eigenvalue weighted by atomic mass is 14.2. The quantitative estimate of drug-likeness (QED) is 0.619. The van der Waals surface area contributed by atoms with E-state index in [2.05, 4.69) is 77.9 Å². The summed E-state index contributed by atoms with van der Waals surface area (Å²) in [4.78, 5) is 0. The topological polar surface area (TPSA) is 0 Å². The molecule has 0 radical (unpaired) electrons. The average Bonchev–Trinajstić information content (AvgIpc) is 2.36. The lowest BCUT2D eigenvalue weighted by atomic mass is 9.84. The summed E-state index contributed by atoms with van der Waals surface area (Å²) in [5.74, 6) is 1.09. The van der Waals surface area contributed by atoms with E-state index in [1.165, 1.54) is 33.4 Å². The van der Waals surface area contributed by atoms with Crippen LogP contribution >= 0.6 is 0 Å². The Morgan fingerprint density at radius 2 is 1.15 bits per heavy atom. The summed E-state index contributed by atoms with van der Waals surface area (Å²) in [6.07, 6.45) is 0. The Morgan fingerprint density at radius 3 is 1.55 bits per heavy atom. The van der Waals surface area contributed by atoms with Crippen LogP contribution in [0.2, 0.25) is 0 Å². The van der Waals surface area contributed by atoms with E-state index >= 15 is 0 Å². The van der Waals surface area contributed by atoms with Gasteiger partial charge in [-0.2, -0.15) is 0 Å². The van der Waals surface area contributed by atoms with Crippen molar-refractivity contribution in [1.29, 1.82) is 0 Å². The van der Waals surface area contributed by atoms with Gasteiger partial charge in [0.15, 0.2) is 0 Å². The van der Waals surface area contributed by atoms with Gasteiger partial charge in [-0.1, -0.05) is 75.2 Å². The summed E-state index contributed by atoms with van der Waals surface area (Å²) in [6.45, 7) is 13.5. The second-order valence-electron chi connectivity index (χ2n) is 6.50. The molecule has 0 aromatic heterocycles. The SMILES string of the molecule is Cc1cc(C)cc(-c2c(C(C)C)cccc2C(C)C)c1. The van der Waals surface area contributed by atoms with Crippen LogP contribution in [0.1, 0.15) is 61.8 Å². The molecule has 0 fully saturated rings. The van der Waals surface area contributed by atoms with Crippen LogP contribution < -0.4 is 0 Å².